The van der Waals surface area contributed by atoms with Crippen LogP contribution in [0.3, 0.4) is 0 Å². The summed E-state index contributed by atoms with van der Waals surface area (Å²) in [5, 5.41) is 0.376. The zero-order chi connectivity index (χ0) is 14.8. The normalized spacial score (nSPS) is 18.6. The van der Waals surface area contributed by atoms with Crippen LogP contribution < -0.4 is 10.5 Å². The van der Waals surface area contributed by atoms with Crippen molar-refractivity contribution in [1.29, 1.82) is 0 Å². The highest BCUT2D eigenvalue weighted by Crippen LogP contribution is 2.30. The van der Waals surface area contributed by atoms with Gasteiger partial charge in [0.2, 0.25) is 10.0 Å². The Balaban J connectivity index is 2.32. The van der Waals surface area contributed by atoms with Crippen LogP contribution >= 0.6 is 23.8 Å². The summed E-state index contributed by atoms with van der Waals surface area (Å²) in [6.07, 6.45) is 4.18. The van der Waals surface area contributed by atoms with Gasteiger partial charge < -0.3 is 5.73 Å². The molecule has 2 rings (SSSR count). The van der Waals surface area contributed by atoms with Crippen molar-refractivity contribution in [1.82, 2.24) is 4.72 Å². The molecule has 0 heterocycles. The maximum Gasteiger partial charge on any atom is 0.241 e. The molecule has 7 heteroatoms. The summed E-state index contributed by atoms with van der Waals surface area (Å²) in [5.74, 6) is 0. The van der Waals surface area contributed by atoms with Crippen molar-refractivity contribution in [3.05, 3.63) is 29.3 Å². The molecule has 4 nitrogen and oxygen atoms in total. The summed E-state index contributed by atoms with van der Waals surface area (Å²) >= 11 is 10.9. The van der Waals surface area contributed by atoms with Crippen LogP contribution in [0.1, 0.15) is 32.1 Å². The average molecular weight is 333 g/mol. The molecule has 1 aromatic rings. The summed E-state index contributed by atoms with van der Waals surface area (Å²) in [6, 6.07) is 6.15. The molecular formula is C13H17ClN2O2S2. The highest BCUT2D eigenvalue weighted by atomic mass is 35.5. The van der Waals surface area contributed by atoms with Gasteiger partial charge in [-0.25, -0.2) is 8.42 Å². The van der Waals surface area contributed by atoms with E-state index in [1.807, 2.05) is 0 Å². The Hall–Kier alpha value is -0.690. The third-order valence-corrected chi connectivity index (χ3v) is 5.77. The van der Waals surface area contributed by atoms with Gasteiger partial charge in [-0.15, -0.1) is 0 Å². The number of sulfonamides is 1. The fourth-order valence-electron chi connectivity index (χ4n) is 2.50. The highest BCUT2D eigenvalue weighted by molar-refractivity contribution is 7.89. The number of nitrogens with one attached hydrogen (secondary N) is 1. The minimum Gasteiger partial charge on any atom is -0.392 e. The van der Waals surface area contributed by atoms with Gasteiger partial charge in [-0.3, -0.25) is 0 Å². The van der Waals surface area contributed by atoms with E-state index >= 15 is 0 Å². The number of nitrogens with two attached hydrogens (primary N) is 1. The van der Waals surface area contributed by atoms with E-state index in [0.29, 0.717) is 17.9 Å². The molecule has 0 spiro atoms. The fourth-order valence-corrected chi connectivity index (χ4v) is 4.57. The molecule has 0 amide bonds. The van der Waals surface area contributed by atoms with Gasteiger partial charge in [-0.2, -0.15) is 4.72 Å². The molecule has 3 N–H and O–H groups in total. The summed E-state index contributed by atoms with van der Waals surface area (Å²) in [5.41, 5.74) is 4.98. The van der Waals surface area contributed by atoms with Crippen molar-refractivity contribution >= 4 is 38.8 Å². The van der Waals surface area contributed by atoms with Gasteiger partial charge in [0.1, 0.15) is 0 Å². The Morgan fingerprint density at radius 3 is 2.50 bits per heavy atom. The van der Waals surface area contributed by atoms with Gasteiger partial charge in [-0.1, -0.05) is 49.1 Å². The summed E-state index contributed by atoms with van der Waals surface area (Å²) in [7, 11) is -3.69. The highest BCUT2D eigenvalue weighted by Gasteiger charge is 2.39. The maximum atomic E-state index is 12.5. The fraction of sp³-hybridized carbons (Fsp3) is 0.462. The molecule has 0 atom stereocenters. The minimum absolute atomic E-state index is 0.131. The summed E-state index contributed by atoms with van der Waals surface area (Å²) in [6.45, 7) is 0. The van der Waals surface area contributed by atoms with Crippen LogP contribution in [0.25, 0.3) is 0 Å². The van der Waals surface area contributed by atoms with Crippen LogP contribution in [0, 0.1) is 0 Å². The van der Waals surface area contributed by atoms with Crippen molar-refractivity contribution in [3.8, 4) is 0 Å². The van der Waals surface area contributed by atoms with Crippen LogP contribution in [-0.2, 0) is 10.0 Å². The van der Waals surface area contributed by atoms with Crippen molar-refractivity contribution in [3.63, 3.8) is 0 Å². The molecule has 1 aliphatic carbocycles. The van der Waals surface area contributed by atoms with Gasteiger partial charge in [-0.05, 0) is 31.0 Å². The molecule has 0 saturated heterocycles. The Kier molecular flexibility index (Phi) is 4.69. The quantitative estimate of drug-likeness (QED) is 0.831. The molecule has 0 aliphatic heterocycles. The van der Waals surface area contributed by atoms with Crippen molar-refractivity contribution in [2.24, 2.45) is 5.73 Å². The summed E-state index contributed by atoms with van der Waals surface area (Å²) < 4.78 is 27.7. The van der Waals surface area contributed by atoms with E-state index in [1.165, 1.54) is 12.1 Å². The van der Waals surface area contributed by atoms with E-state index in [9.17, 15) is 8.42 Å². The molecular weight excluding hydrogens is 316 g/mol. The lowest BCUT2D eigenvalue weighted by Crippen LogP contribution is -2.57. The predicted molar refractivity (Wildman–Crippen MR) is 84.4 cm³/mol. The average Bonchev–Trinajstić information content (AvgIpc) is 2.39. The largest absolute Gasteiger partial charge is 0.392 e. The van der Waals surface area contributed by atoms with E-state index in [1.54, 1.807) is 12.1 Å². The zero-order valence-electron chi connectivity index (χ0n) is 10.9. The van der Waals surface area contributed by atoms with E-state index in [0.717, 1.165) is 19.3 Å². The van der Waals surface area contributed by atoms with E-state index < -0.39 is 15.6 Å². The molecule has 1 aliphatic rings. The van der Waals surface area contributed by atoms with Crippen molar-refractivity contribution < 1.29 is 8.42 Å². The molecule has 0 unspecified atom stereocenters. The third kappa shape index (κ3) is 3.31. The molecule has 0 radical (unpaired) electrons. The van der Waals surface area contributed by atoms with Gasteiger partial charge >= 0.3 is 0 Å². The van der Waals surface area contributed by atoms with Gasteiger partial charge in [0.25, 0.3) is 0 Å². The minimum atomic E-state index is -3.69. The van der Waals surface area contributed by atoms with Gasteiger partial charge in [0.05, 0.1) is 15.4 Å². The molecule has 1 saturated carbocycles. The van der Waals surface area contributed by atoms with Crippen LogP contribution in [-0.4, -0.2) is 18.9 Å². The number of thiocarbonyl (C=S) groups is 1. The van der Waals surface area contributed by atoms with Crippen LogP contribution in [0.4, 0.5) is 0 Å². The van der Waals surface area contributed by atoms with E-state index in [4.69, 9.17) is 29.6 Å². The lowest BCUT2D eigenvalue weighted by Gasteiger charge is -2.36. The smallest absolute Gasteiger partial charge is 0.241 e. The zero-order valence-corrected chi connectivity index (χ0v) is 13.3. The monoisotopic (exact) mass is 332 g/mol. The first-order valence-corrected chi connectivity index (χ1v) is 8.72. The second kappa shape index (κ2) is 5.97. The van der Waals surface area contributed by atoms with Crippen LogP contribution in [0.15, 0.2) is 29.2 Å². The molecule has 110 valence electrons. The number of benzene rings is 1. The lowest BCUT2D eigenvalue weighted by atomic mass is 9.82. The van der Waals surface area contributed by atoms with Crippen molar-refractivity contribution in [2.75, 3.05) is 0 Å². The number of rotatable bonds is 4. The Labute approximate surface area is 129 Å². The SMILES string of the molecule is NC(=S)C1(NS(=O)(=O)c2cccc(Cl)c2)CCCCC1. The third-order valence-electron chi connectivity index (χ3n) is 3.61. The van der Waals surface area contributed by atoms with Gasteiger partial charge in [0.15, 0.2) is 0 Å². The van der Waals surface area contributed by atoms with E-state index in [-0.39, 0.29) is 9.88 Å². The number of halogens is 1. The molecule has 0 aromatic heterocycles. The van der Waals surface area contributed by atoms with Crippen LogP contribution in [0.5, 0.6) is 0 Å². The Morgan fingerprint density at radius 2 is 1.95 bits per heavy atom. The topological polar surface area (TPSA) is 72.2 Å². The molecule has 0 bridgehead atoms. The first-order chi connectivity index (χ1) is 9.36. The predicted octanol–water partition coefficient (Wildman–Crippen LogP) is 2.61. The van der Waals surface area contributed by atoms with Crippen molar-refractivity contribution in [2.45, 2.75) is 42.5 Å². The first-order valence-electron chi connectivity index (χ1n) is 6.45. The molecule has 1 fully saturated rings. The maximum absolute atomic E-state index is 12.5. The second-order valence-corrected chi connectivity index (χ2v) is 7.63. The van der Waals surface area contributed by atoms with E-state index in [2.05, 4.69) is 4.72 Å². The number of hydrogen-bond acceptors (Lipinski definition) is 3. The van der Waals surface area contributed by atoms with Crippen LogP contribution in [0.2, 0.25) is 5.02 Å². The second-order valence-electron chi connectivity index (χ2n) is 5.07. The molecule has 20 heavy (non-hydrogen) atoms. The summed E-state index contributed by atoms with van der Waals surface area (Å²) in [4.78, 5) is 0.342. The lowest BCUT2D eigenvalue weighted by molar-refractivity contribution is 0.353. The Bertz CT molecular complexity index is 611. The first kappa shape index (κ1) is 15.7. The van der Waals surface area contributed by atoms with Gasteiger partial charge in [0, 0.05) is 5.02 Å². The standard InChI is InChI=1S/C13H17ClN2O2S2/c14-10-5-4-6-11(9-10)20(17,18)16-13(12(15)19)7-2-1-3-8-13/h4-6,9,16H,1-3,7-8H2,(H2,15,19). The number of hydrogen-bond donors (Lipinski definition) is 2. The molecule has 1 aromatic carbocycles. The Morgan fingerprint density at radius 1 is 1.30 bits per heavy atom.